The number of ether oxygens (including phenoxy) is 2. The van der Waals surface area contributed by atoms with Gasteiger partial charge < -0.3 is 29.7 Å². The topological polar surface area (TPSA) is 95.9 Å². The van der Waals surface area contributed by atoms with Crippen molar-refractivity contribution in [3.05, 3.63) is 47.6 Å². The Bertz CT molecular complexity index is 1810. The molecule has 46 heavy (non-hydrogen) atoms. The number of pyridine rings is 1. The van der Waals surface area contributed by atoms with E-state index < -0.39 is 11.6 Å². The number of allylic oxidation sites excluding steroid dienone is 2. The number of phenols is 1. The highest BCUT2D eigenvalue weighted by Crippen LogP contribution is 2.48. The molecule has 8 rings (SSSR count). The molecule has 3 aromatic rings. The molecule has 0 amide bonds. The third-order valence-electron chi connectivity index (χ3n) is 10.2. The smallest absolute Gasteiger partial charge is 0.319 e. The molecule has 4 fully saturated rings. The molecule has 0 spiro atoms. The summed E-state index contributed by atoms with van der Waals surface area (Å²) in [4.78, 5) is 18.9. The molecular weight excluding hydrogens is 590 g/mol. The van der Waals surface area contributed by atoms with Gasteiger partial charge in [0.25, 0.3) is 0 Å². The van der Waals surface area contributed by atoms with E-state index in [2.05, 4.69) is 37.6 Å². The second-order valence-electron chi connectivity index (χ2n) is 13.4. The summed E-state index contributed by atoms with van der Waals surface area (Å²) in [5, 5.41) is 14.7. The van der Waals surface area contributed by atoms with Crippen LogP contribution in [0.3, 0.4) is 0 Å². The van der Waals surface area contributed by atoms with E-state index in [1.54, 1.807) is 0 Å². The second-order valence-corrected chi connectivity index (χ2v) is 13.4. The van der Waals surface area contributed by atoms with Crippen molar-refractivity contribution >= 4 is 22.8 Å². The highest BCUT2D eigenvalue weighted by Gasteiger charge is 2.46. The minimum absolute atomic E-state index is 0.0106. The quantitative estimate of drug-likeness (QED) is 0.266. The number of nitrogens with zero attached hydrogens (tertiary/aromatic N) is 5. The second kappa shape index (κ2) is 11.2. The lowest BCUT2D eigenvalue weighted by Gasteiger charge is -2.40. The first-order valence-electron chi connectivity index (χ1n) is 16.1. The van der Waals surface area contributed by atoms with Gasteiger partial charge in [0.15, 0.2) is 5.82 Å². The maximum absolute atomic E-state index is 16.9. The molecule has 2 bridgehead atoms. The lowest BCUT2D eigenvalue weighted by molar-refractivity contribution is 0.170. The van der Waals surface area contributed by atoms with Crippen LogP contribution in [-0.2, 0) is 0 Å². The molecule has 2 aromatic heterocycles. The van der Waals surface area contributed by atoms with Crippen molar-refractivity contribution < 1.29 is 23.4 Å². The van der Waals surface area contributed by atoms with E-state index in [9.17, 15) is 9.50 Å². The Morgan fingerprint density at radius 2 is 2.07 bits per heavy atom. The zero-order chi connectivity index (χ0) is 31.6. The van der Waals surface area contributed by atoms with Gasteiger partial charge in [0.2, 0.25) is 5.88 Å². The Hall–Kier alpha value is -4.27. The number of rotatable bonds is 8. The van der Waals surface area contributed by atoms with Crippen LogP contribution in [-0.4, -0.2) is 82.5 Å². The number of likely N-dealkylation sites (tertiary alicyclic amines) is 1. The van der Waals surface area contributed by atoms with E-state index in [0.717, 1.165) is 51.4 Å². The van der Waals surface area contributed by atoms with E-state index in [-0.39, 0.29) is 57.5 Å². The minimum atomic E-state index is -0.738. The van der Waals surface area contributed by atoms with Crippen LogP contribution in [0.1, 0.15) is 49.7 Å². The van der Waals surface area contributed by atoms with E-state index in [4.69, 9.17) is 20.9 Å². The number of halogens is 2. The van der Waals surface area contributed by atoms with Crippen LogP contribution < -0.4 is 19.7 Å². The van der Waals surface area contributed by atoms with Gasteiger partial charge in [-0.05, 0) is 75.4 Å². The van der Waals surface area contributed by atoms with Gasteiger partial charge >= 0.3 is 6.01 Å². The van der Waals surface area contributed by atoms with E-state index in [1.165, 1.54) is 31.1 Å². The fourth-order valence-electron chi connectivity index (χ4n) is 7.63. The highest BCUT2D eigenvalue weighted by atomic mass is 19.1. The first-order valence-corrected chi connectivity index (χ1v) is 16.1. The average Bonchev–Trinajstić information content (AvgIpc) is 3.46. The summed E-state index contributed by atoms with van der Waals surface area (Å²) in [6.45, 7) is 7.92. The molecule has 238 valence electrons. The van der Waals surface area contributed by atoms with Gasteiger partial charge in [-0.1, -0.05) is 18.6 Å². The lowest BCUT2D eigenvalue weighted by Crippen LogP contribution is -2.60. The highest BCUT2D eigenvalue weighted by molar-refractivity contribution is 5.98. The third-order valence-corrected chi connectivity index (χ3v) is 10.2. The van der Waals surface area contributed by atoms with Crippen LogP contribution >= 0.6 is 0 Å². The molecule has 0 radical (unpaired) electrons. The number of benzene rings is 1. The maximum atomic E-state index is 16.9. The lowest BCUT2D eigenvalue weighted by atomic mass is 9.97. The van der Waals surface area contributed by atoms with Crippen molar-refractivity contribution in [2.75, 3.05) is 44.3 Å². The molecule has 11 heteroatoms. The monoisotopic (exact) mass is 626 g/mol. The van der Waals surface area contributed by atoms with E-state index in [1.807, 2.05) is 0 Å². The van der Waals surface area contributed by atoms with Crippen molar-refractivity contribution in [1.82, 2.24) is 25.2 Å². The average molecular weight is 627 g/mol. The van der Waals surface area contributed by atoms with Gasteiger partial charge in [-0.3, -0.25) is 0 Å². The molecule has 9 nitrogen and oxygen atoms in total. The molecule has 6 heterocycles. The van der Waals surface area contributed by atoms with Crippen molar-refractivity contribution in [1.29, 1.82) is 0 Å². The SMILES string of the molecule is C#Cc1c(/C=C\C(=C)F)cc(O)cc1-c1nc2c3c(nc(OCC4(CN5CCCC5)CC4)nc3c1F)N1CC3CCC(N3)C1CO2. The predicted molar refractivity (Wildman–Crippen MR) is 171 cm³/mol. The normalized spacial score (nSPS) is 24.5. The number of fused-ring (bicyclic) bond motifs is 5. The number of aromatic hydroxyl groups is 1. The standard InChI is InChI=1S/C35H36F2N6O3/c1-3-24-21(7-6-20(2)36)14-23(44)15-25(24)30-29(37)31-28-32(43-16-22-8-9-26(38-22)27(43)17-45-33(28)39-30)41-34(40-31)46-19-35(10-11-35)18-42-12-4-5-13-42/h1,6-7,14-15,22,26-27,38,44H,2,4-5,8-13,16-19H2/b7-6-. The summed E-state index contributed by atoms with van der Waals surface area (Å²) >= 11 is 0. The van der Waals surface area contributed by atoms with Crippen molar-refractivity contribution in [2.24, 2.45) is 5.41 Å². The molecule has 3 unspecified atom stereocenters. The van der Waals surface area contributed by atoms with Crippen LogP contribution in [0.25, 0.3) is 28.2 Å². The first-order chi connectivity index (χ1) is 22.3. The molecule has 4 aliphatic heterocycles. The molecule has 1 saturated carbocycles. The van der Waals surface area contributed by atoms with E-state index in [0.29, 0.717) is 42.6 Å². The maximum Gasteiger partial charge on any atom is 0.319 e. The predicted octanol–water partition coefficient (Wildman–Crippen LogP) is 4.97. The molecule has 5 aliphatic rings. The summed E-state index contributed by atoms with van der Waals surface area (Å²) in [7, 11) is 0. The third kappa shape index (κ3) is 5.13. The van der Waals surface area contributed by atoms with Crippen LogP contribution in [0.5, 0.6) is 17.6 Å². The van der Waals surface area contributed by atoms with Gasteiger partial charge in [-0.15, -0.1) is 6.42 Å². The fourth-order valence-corrected chi connectivity index (χ4v) is 7.63. The number of nitrogens with one attached hydrogen (secondary N) is 1. The Kier molecular flexibility index (Phi) is 7.10. The zero-order valence-electron chi connectivity index (χ0n) is 25.6. The molecule has 2 N–H and O–H groups in total. The zero-order valence-corrected chi connectivity index (χ0v) is 25.6. The summed E-state index contributed by atoms with van der Waals surface area (Å²) in [5.41, 5.74) is 0.618. The number of phenolic OH excluding ortho intramolecular Hbond substituents is 1. The first kappa shape index (κ1) is 29.2. The van der Waals surface area contributed by atoms with Crippen LogP contribution in [0.15, 0.2) is 30.6 Å². The largest absolute Gasteiger partial charge is 0.508 e. The van der Waals surface area contributed by atoms with Crippen molar-refractivity contribution in [3.8, 4) is 41.2 Å². The number of terminal acetylenes is 1. The Morgan fingerprint density at radius 1 is 1.24 bits per heavy atom. The van der Waals surface area contributed by atoms with Crippen molar-refractivity contribution in [3.63, 3.8) is 0 Å². The summed E-state index contributed by atoms with van der Waals surface area (Å²) in [6, 6.07) is 3.29. The molecule has 1 aliphatic carbocycles. The summed E-state index contributed by atoms with van der Waals surface area (Å²) in [5.74, 6) is 1.69. The number of aromatic nitrogens is 3. The Labute approximate surface area is 266 Å². The van der Waals surface area contributed by atoms with Crippen LogP contribution in [0.4, 0.5) is 14.6 Å². The molecule has 3 saturated heterocycles. The fraction of sp³-hybridized carbons (Fsp3) is 0.457. The van der Waals surface area contributed by atoms with Gasteiger partial charge in [-0.25, -0.2) is 13.8 Å². The Morgan fingerprint density at radius 3 is 2.83 bits per heavy atom. The Balaban J connectivity index is 1.26. The minimum Gasteiger partial charge on any atom is -0.508 e. The van der Waals surface area contributed by atoms with Crippen LogP contribution in [0.2, 0.25) is 0 Å². The molecule has 1 aromatic carbocycles. The number of anilines is 1. The number of hydrogen-bond donors (Lipinski definition) is 2. The van der Waals surface area contributed by atoms with Crippen molar-refractivity contribution in [2.45, 2.75) is 56.7 Å². The van der Waals surface area contributed by atoms with Gasteiger partial charge in [0, 0.05) is 41.7 Å². The summed E-state index contributed by atoms with van der Waals surface area (Å²) in [6.07, 6.45) is 15.1. The van der Waals surface area contributed by atoms with Gasteiger partial charge in [0.05, 0.1) is 12.6 Å². The summed E-state index contributed by atoms with van der Waals surface area (Å²) < 4.78 is 43.1. The molecular formula is C35H36F2N6O3. The van der Waals surface area contributed by atoms with Gasteiger partial charge in [0.1, 0.15) is 40.6 Å². The van der Waals surface area contributed by atoms with Gasteiger partial charge in [-0.2, -0.15) is 9.97 Å². The van der Waals surface area contributed by atoms with Crippen LogP contribution in [0, 0.1) is 23.6 Å². The van der Waals surface area contributed by atoms with E-state index >= 15 is 4.39 Å². The number of hydrogen-bond acceptors (Lipinski definition) is 9. The number of piperazine rings is 1. The molecule has 3 atom stereocenters.